The fourth-order valence-corrected chi connectivity index (χ4v) is 2.94. The number of aryl methyl sites for hydroxylation is 1. The molecule has 0 aliphatic carbocycles. The van der Waals surface area contributed by atoms with Crippen LogP contribution in [0.5, 0.6) is 5.75 Å². The quantitative estimate of drug-likeness (QED) is 0.419. The minimum absolute atomic E-state index is 0.257. The minimum Gasteiger partial charge on any atom is -0.489 e. The molecule has 0 fully saturated rings. The number of ether oxygens (including phenoxy) is 1. The smallest absolute Gasteiger partial charge is 0.191 e. The van der Waals surface area contributed by atoms with Crippen LogP contribution in [-0.4, -0.2) is 34.3 Å². The molecule has 3 aromatic rings. The van der Waals surface area contributed by atoms with Crippen molar-refractivity contribution in [1.29, 1.82) is 0 Å². The van der Waals surface area contributed by atoms with Gasteiger partial charge in [0.15, 0.2) is 5.96 Å². The van der Waals surface area contributed by atoms with Crippen LogP contribution in [0.3, 0.4) is 0 Å². The first-order valence-corrected chi connectivity index (χ1v) is 9.95. The van der Waals surface area contributed by atoms with Crippen molar-refractivity contribution in [2.24, 2.45) is 4.99 Å². The van der Waals surface area contributed by atoms with E-state index in [9.17, 15) is 4.39 Å². The Labute approximate surface area is 176 Å². The number of aromatic nitrogens is 3. The minimum atomic E-state index is -0.257. The molecule has 0 spiro atoms. The molecule has 158 valence electrons. The molecular weight excluding hydrogens is 383 g/mol. The number of guanidine groups is 1. The second-order valence-electron chi connectivity index (χ2n) is 6.71. The molecule has 0 bridgehead atoms. The molecule has 3 rings (SSSR count). The van der Waals surface area contributed by atoms with Crippen molar-refractivity contribution in [3.8, 4) is 5.75 Å². The molecule has 0 radical (unpaired) electrons. The van der Waals surface area contributed by atoms with Crippen LogP contribution in [0.4, 0.5) is 4.39 Å². The van der Waals surface area contributed by atoms with Crippen LogP contribution in [0, 0.1) is 5.82 Å². The molecule has 0 aliphatic rings. The number of hydrogen-bond acceptors (Lipinski definition) is 4. The van der Waals surface area contributed by atoms with Crippen LogP contribution >= 0.6 is 0 Å². The molecule has 8 heteroatoms. The molecule has 1 heterocycles. The Morgan fingerprint density at radius 3 is 2.70 bits per heavy atom. The largest absolute Gasteiger partial charge is 0.489 e. The van der Waals surface area contributed by atoms with Crippen molar-refractivity contribution in [2.45, 2.75) is 33.0 Å². The maximum atomic E-state index is 13.2. The Hall–Kier alpha value is -3.42. The van der Waals surface area contributed by atoms with E-state index in [1.54, 1.807) is 19.4 Å². The summed E-state index contributed by atoms with van der Waals surface area (Å²) in [4.78, 5) is 4.25. The van der Waals surface area contributed by atoms with Crippen molar-refractivity contribution < 1.29 is 9.13 Å². The van der Waals surface area contributed by atoms with Crippen LogP contribution in [-0.2, 0) is 26.1 Å². The number of nitrogens with one attached hydrogen (secondary N) is 2. The number of hydrogen-bond donors (Lipinski definition) is 2. The van der Waals surface area contributed by atoms with E-state index in [1.807, 2.05) is 34.9 Å². The number of rotatable bonds is 9. The summed E-state index contributed by atoms with van der Waals surface area (Å²) in [5.74, 6) is 2.19. The fourth-order valence-electron chi connectivity index (χ4n) is 2.94. The zero-order valence-corrected chi connectivity index (χ0v) is 17.3. The summed E-state index contributed by atoms with van der Waals surface area (Å²) < 4.78 is 21.0. The van der Waals surface area contributed by atoms with Gasteiger partial charge >= 0.3 is 0 Å². The van der Waals surface area contributed by atoms with Gasteiger partial charge in [-0.05, 0) is 35.4 Å². The lowest BCUT2D eigenvalue weighted by Crippen LogP contribution is -2.38. The number of benzene rings is 2. The van der Waals surface area contributed by atoms with E-state index in [2.05, 4.69) is 32.7 Å². The van der Waals surface area contributed by atoms with Crippen molar-refractivity contribution >= 4 is 5.96 Å². The average Bonchev–Trinajstić information content (AvgIpc) is 3.23. The second-order valence-corrected chi connectivity index (χ2v) is 6.71. The molecule has 30 heavy (non-hydrogen) atoms. The molecule has 0 saturated heterocycles. The molecule has 0 aliphatic heterocycles. The van der Waals surface area contributed by atoms with Gasteiger partial charge in [0.2, 0.25) is 0 Å². The Morgan fingerprint density at radius 2 is 1.97 bits per heavy atom. The third-order valence-corrected chi connectivity index (χ3v) is 4.56. The highest BCUT2D eigenvalue weighted by Gasteiger charge is 2.03. The van der Waals surface area contributed by atoms with Gasteiger partial charge in [-0.1, -0.05) is 31.2 Å². The first-order valence-electron chi connectivity index (χ1n) is 9.95. The van der Waals surface area contributed by atoms with Gasteiger partial charge in [-0.25, -0.2) is 4.39 Å². The van der Waals surface area contributed by atoms with E-state index in [-0.39, 0.29) is 5.82 Å². The summed E-state index contributed by atoms with van der Waals surface area (Å²) in [6.07, 6.45) is 2.60. The molecule has 7 nitrogen and oxygen atoms in total. The molecule has 0 amide bonds. The maximum absolute atomic E-state index is 13.2. The second kappa shape index (κ2) is 10.9. The van der Waals surface area contributed by atoms with Crippen LogP contribution in [0.25, 0.3) is 0 Å². The zero-order chi connectivity index (χ0) is 21.2. The number of halogens is 1. The van der Waals surface area contributed by atoms with Crippen LogP contribution in [0.2, 0.25) is 0 Å². The lowest BCUT2D eigenvalue weighted by molar-refractivity contribution is 0.305. The average molecular weight is 410 g/mol. The Morgan fingerprint density at radius 1 is 1.13 bits per heavy atom. The Balaban J connectivity index is 1.41. The highest BCUT2D eigenvalue weighted by molar-refractivity contribution is 5.79. The summed E-state index contributed by atoms with van der Waals surface area (Å²) in [5.41, 5.74) is 1.90. The van der Waals surface area contributed by atoms with Crippen molar-refractivity contribution in [2.75, 3.05) is 13.6 Å². The molecule has 2 N–H and O–H groups in total. The van der Waals surface area contributed by atoms with Gasteiger partial charge in [-0.3, -0.25) is 4.99 Å². The van der Waals surface area contributed by atoms with E-state index in [4.69, 9.17) is 4.74 Å². The summed E-state index contributed by atoms with van der Waals surface area (Å²) in [7, 11) is 1.74. The van der Waals surface area contributed by atoms with Gasteiger partial charge in [0.25, 0.3) is 0 Å². The van der Waals surface area contributed by atoms with E-state index in [1.165, 1.54) is 12.1 Å². The highest BCUT2D eigenvalue weighted by atomic mass is 19.1. The van der Waals surface area contributed by atoms with E-state index in [0.29, 0.717) is 13.2 Å². The predicted octanol–water partition coefficient (Wildman–Crippen LogP) is 2.92. The normalized spacial score (nSPS) is 11.4. The first-order chi connectivity index (χ1) is 14.7. The topological polar surface area (TPSA) is 76.4 Å². The van der Waals surface area contributed by atoms with Gasteiger partial charge in [0.05, 0.1) is 0 Å². The Bertz CT molecular complexity index is 954. The molecule has 2 aromatic carbocycles. The van der Waals surface area contributed by atoms with Crippen molar-refractivity contribution in [3.05, 3.63) is 77.6 Å². The summed E-state index contributed by atoms with van der Waals surface area (Å²) in [6.45, 7) is 4.52. The lowest BCUT2D eigenvalue weighted by Gasteiger charge is -2.13. The van der Waals surface area contributed by atoms with Crippen LogP contribution < -0.4 is 15.4 Å². The predicted molar refractivity (Wildman–Crippen MR) is 115 cm³/mol. The lowest BCUT2D eigenvalue weighted by atomic mass is 10.2. The summed E-state index contributed by atoms with van der Waals surface area (Å²) in [5, 5.41) is 14.6. The van der Waals surface area contributed by atoms with Crippen LogP contribution in [0.15, 0.2) is 59.9 Å². The first kappa shape index (κ1) is 21.3. The maximum Gasteiger partial charge on any atom is 0.191 e. The van der Waals surface area contributed by atoms with E-state index >= 15 is 0 Å². The highest BCUT2D eigenvalue weighted by Crippen LogP contribution is 2.14. The summed E-state index contributed by atoms with van der Waals surface area (Å²) in [6, 6.07) is 14.2. The van der Waals surface area contributed by atoms with Gasteiger partial charge in [0.1, 0.15) is 30.3 Å². The molecule has 1 aromatic heterocycles. The fraction of sp³-hybridized carbons (Fsp3) is 0.318. The third kappa shape index (κ3) is 6.30. The Kier molecular flexibility index (Phi) is 7.77. The van der Waals surface area contributed by atoms with E-state index in [0.717, 1.165) is 48.2 Å². The monoisotopic (exact) mass is 410 g/mol. The van der Waals surface area contributed by atoms with Crippen molar-refractivity contribution in [1.82, 2.24) is 25.4 Å². The van der Waals surface area contributed by atoms with Gasteiger partial charge in [0, 0.05) is 33.1 Å². The van der Waals surface area contributed by atoms with Gasteiger partial charge < -0.3 is 19.9 Å². The summed E-state index contributed by atoms with van der Waals surface area (Å²) >= 11 is 0. The van der Waals surface area contributed by atoms with Crippen molar-refractivity contribution in [3.63, 3.8) is 0 Å². The number of aliphatic imine (C=N–C) groups is 1. The number of nitrogens with zero attached hydrogens (tertiary/aromatic N) is 4. The van der Waals surface area contributed by atoms with Gasteiger partial charge in [-0.15, -0.1) is 10.2 Å². The molecule has 0 saturated carbocycles. The SMILES string of the molecule is CCc1nncn1CCNC(=NC)NCc1ccc(OCc2cccc(F)c2)cc1. The zero-order valence-electron chi connectivity index (χ0n) is 17.3. The molecule has 0 unspecified atom stereocenters. The van der Waals surface area contributed by atoms with Gasteiger partial charge in [-0.2, -0.15) is 0 Å². The van der Waals surface area contributed by atoms with E-state index < -0.39 is 0 Å². The third-order valence-electron chi connectivity index (χ3n) is 4.56. The standard InChI is InChI=1S/C22H27FN6O/c1-3-21-28-27-16-29(21)12-11-25-22(24-2)26-14-17-7-9-20(10-8-17)30-15-18-5-4-6-19(23)13-18/h4-10,13,16H,3,11-12,14-15H2,1-2H3,(H2,24,25,26). The van der Waals surface area contributed by atoms with Crippen LogP contribution in [0.1, 0.15) is 23.9 Å². The molecule has 0 atom stereocenters. The molecular formula is C22H27FN6O.